The molecule has 0 aliphatic heterocycles. The summed E-state index contributed by atoms with van der Waals surface area (Å²) in [5.74, 6) is 0.899. The fourth-order valence-corrected chi connectivity index (χ4v) is 0.933. The summed E-state index contributed by atoms with van der Waals surface area (Å²) in [6.07, 6.45) is 2.70. The predicted molar refractivity (Wildman–Crippen MR) is 46.5 cm³/mol. The Balaban J connectivity index is 2.74. The molecular formula is C8H13N3. The highest BCUT2D eigenvalue weighted by Crippen LogP contribution is 2.05. The van der Waals surface area contributed by atoms with Crippen LogP contribution in [0.25, 0.3) is 0 Å². The Morgan fingerprint density at radius 2 is 2.45 bits per heavy atom. The number of aromatic nitrogens is 1. The SMILES string of the molecule is CNc1cc(CCN)ccn1. The molecule has 0 fully saturated rings. The van der Waals surface area contributed by atoms with E-state index < -0.39 is 0 Å². The van der Waals surface area contributed by atoms with Crippen molar-refractivity contribution < 1.29 is 0 Å². The number of hydrogen-bond donors (Lipinski definition) is 2. The molecule has 0 radical (unpaired) electrons. The first-order valence-corrected chi connectivity index (χ1v) is 3.69. The van der Waals surface area contributed by atoms with Crippen molar-refractivity contribution in [1.29, 1.82) is 0 Å². The van der Waals surface area contributed by atoms with E-state index in [2.05, 4.69) is 10.3 Å². The van der Waals surface area contributed by atoms with Crippen molar-refractivity contribution >= 4 is 5.82 Å². The van der Waals surface area contributed by atoms with Gasteiger partial charge in [-0.05, 0) is 30.7 Å². The maximum Gasteiger partial charge on any atom is 0.125 e. The van der Waals surface area contributed by atoms with Gasteiger partial charge in [-0.3, -0.25) is 0 Å². The molecule has 1 aromatic rings. The number of anilines is 1. The van der Waals surface area contributed by atoms with Crippen LogP contribution >= 0.6 is 0 Å². The van der Waals surface area contributed by atoms with Gasteiger partial charge in [-0.25, -0.2) is 4.98 Å². The van der Waals surface area contributed by atoms with E-state index in [0.717, 1.165) is 12.2 Å². The summed E-state index contributed by atoms with van der Waals surface area (Å²) in [6.45, 7) is 0.688. The van der Waals surface area contributed by atoms with E-state index in [1.807, 2.05) is 19.2 Å². The van der Waals surface area contributed by atoms with Crippen molar-refractivity contribution in [3.63, 3.8) is 0 Å². The van der Waals surface area contributed by atoms with Crippen LogP contribution in [0.15, 0.2) is 18.3 Å². The standard InChI is InChI=1S/C8H13N3/c1-10-8-6-7(2-4-9)3-5-11-8/h3,5-6H,2,4,9H2,1H3,(H,10,11). The van der Waals surface area contributed by atoms with Gasteiger partial charge >= 0.3 is 0 Å². The van der Waals surface area contributed by atoms with Gasteiger partial charge in [0.05, 0.1) is 0 Å². The largest absolute Gasteiger partial charge is 0.373 e. The number of nitrogens with zero attached hydrogens (tertiary/aromatic N) is 1. The van der Waals surface area contributed by atoms with Crippen LogP contribution in [0.3, 0.4) is 0 Å². The van der Waals surface area contributed by atoms with Gasteiger partial charge in [0, 0.05) is 13.2 Å². The molecule has 0 aliphatic rings. The molecule has 60 valence electrons. The average Bonchev–Trinajstić information content (AvgIpc) is 2.06. The molecule has 0 unspecified atom stereocenters. The Morgan fingerprint density at radius 1 is 1.64 bits per heavy atom. The van der Waals surface area contributed by atoms with E-state index in [9.17, 15) is 0 Å². The van der Waals surface area contributed by atoms with Crippen LogP contribution < -0.4 is 11.1 Å². The minimum atomic E-state index is 0.688. The molecule has 0 atom stereocenters. The van der Waals surface area contributed by atoms with Gasteiger partial charge in [-0.15, -0.1) is 0 Å². The minimum absolute atomic E-state index is 0.688. The second-order valence-electron chi connectivity index (χ2n) is 2.34. The van der Waals surface area contributed by atoms with Gasteiger partial charge in [0.2, 0.25) is 0 Å². The van der Waals surface area contributed by atoms with E-state index in [0.29, 0.717) is 6.54 Å². The highest BCUT2D eigenvalue weighted by molar-refractivity contribution is 5.36. The third-order valence-electron chi connectivity index (χ3n) is 1.51. The normalized spacial score (nSPS) is 9.64. The second kappa shape index (κ2) is 3.93. The van der Waals surface area contributed by atoms with Gasteiger partial charge in [0.1, 0.15) is 5.82 Å². The molecule has 0 saturated heterocycles. The quantitative estimate of drug-likeness (QED) is 0.666. The smallest absolute Gasteiger partial charge is 0.125 e. The van der Waals surface area contributed by atoms with Crippen LogP contribution in [0.2, 0.25) is 0 Å². The lowest BCUT2D eigenvalue weighted by molar-refractivity contribution is 0.964. The molecule has 0 bridgehead atoms. The molecule has 0 amide bonds. The Labute approximate surface area is 66.6 Å². The maximum absolute atomic E-state index is 5.41. The van der Waals surface area contributed by atoms with Crippen LogP contribution in [0.1, 0.15) is 5.56 Å². The topological polar surface area (TPSA) is 50.9 Å². The Bertz CT molecular complexity index is 222. The highest BCUT2D eigenvalue weighted by Gasteiger charge is 1.92. The average molecular weight is 151 g/mol. The molecule has 0 saturated carbocycles. The Morgan fingerprint density at radius 3 is 3.09 bits per heavy atom. The summed E-state index contributed by atoms with van der Waals surface area (Å²) in [4.78, 5) is 4.09. The summed E-state index contributed by atoms with van der Waals surface area (Å²) in [6, 6.07) is 3.99. The first kappa shape index (κ1) is 8.01. The van der Waals surface area contributed by atoms with Crippen molar-refractivity contribution in [3.05, 3.63) is 23.9 Å². The van der Waals surface area contributed by atoms with Gasteiger partial charge < -0.3 is 11.1 Å². The summed E-state index contributed by atoms with van der Waals surface area (Å²) >= 11 is 0. The molecule has 3 N–H and O–H groups in total. The Kier molecular flexibility index (Phi) is 2.86. The minimum Gasteiger partial charge on any atom is -0.373 e. The van der Waals surface area contributed by atoms with E-state index >= 15 is 0 Å². The van der Waals surface area contributed by atoms with Crippen molar-refractivity contribution in [2.24, 2.45) is 5.73 Å². The van der Waals surface area contributed by atoms with E-state index in [1.165, 1.54) is 5.56 Å². The van der Waals surface area contributed by atoms with E-state index in [1.54, 1.807) is 6.20 Å². The lowest BCUT2D eigenvalue weighted by atomic mass is 10.2. The van der Waals surface area contributed by atoms with E-state index in [-0.39, 0.29) is 0 Å². The van der Waals surface area contributed by atoms with Gasteiger partial charge in [0.25, 0.3) is 0 Å². The first-order chi connectivity index (χ1) is 5.36. The van der Waals surface area contributed by atoms with Crippen LogP contribution in [0, 0.1) is 0 Å². The van der Waals surface area contributed by atoms with Crippen molar-refractivity contribution in [3.8, 4) is 0 Å². The fraction of sp³-hybridized carbons (Fsp3) is 0.375. The molecular weight excluding hydrogens is 138 g/mol. The van der Waals surface area contributed by atoms with E-state index in [4.69, 9.17) is 5.73 Å². The van der Waals surface area contributed by atoms with Crippen molar-refractivity contribution in [2.45, 2.75) is 6.42 Å². The molecule has 0 aliphatic carbocycles. The van der Waals surface area contributed by atoms with Gasteiger partial charge in [-0.1, -0.05) is 0 Å². The van der Waals surface area contributed by atoms with Crippen LogP contribution in [-0.4, -0.2) is 18.6 Å². The van der Waals surface area contributed by atoms with Crippen molar-refractivity contribution in [2.75, 3.05) is 18.9 Å². The molecule has 1 aromatic heterocycles. The molecule has 0 aromatic carbocycles. The molecule has 3 nitrogen and oxygen atoms in total. The zero-order valence-corrected chi connectivity index (χ0v) is 6.67. The molecule has 1 heterocycles. The zero-order valence-electron chi connectivity index (χ0n) is 6.67. The number of nitrogens with two attached hydrogens (primary N) is 1. The first-order valence-electron chi connectivity index (χ1n) is 3.69. The summed E-state index contributed by atoms with van der Waals surface area (Å²) < 4.78 is 0. The third-order valence-corrected chi connectivity index (χ3v) is 1.51. The molecule has 3 heteroatoms. The van der Waals surface area contributed by atoms with Gasteiger partial charge in [0.15, 0.2) is 0 Å². The van der Waals surface area contributed by atoms with Gasteiger partial charge in [-0.2, -0.15) is 0 Å². The lowest BCUT2D eigenvalue weighted by Gasteiger charge is -2.01. The fourth-order valence-electron chi connectivity index (χ4n) is 0.933. The van der Waals surface area contributed by atoms with Crippen LogP contribution in [0.5, 0.6) is 0 Å². The molecule has 0 spiro atoms. The van der Waals surface area contributed by atoms with Crippen LogP contribution in [0.4, 0.5) is 5.82 Å². The summed E-state index contributed by atoms with van der Waals surface area (Å²) in [5, 5.41) is 2.97. The number of hydrogen-bond acceptors (Lipinski definition) is 3. The zero-order chi connectivity index (χ0) is 8.10. The number of pyridine rings is 1. The highest BCUT2D eigenvalue weighted by atomic mass is 14.9. The summed E-state index contributed by atoms with van der Waals surface area (Å²) in [7, 11) is 1.86. The molecule has 1 rings (SSSR count). The Hall–Kier alpha value is -1.09. The van der Waals surface area contributed by atoms with Crippen molar-refractivity contribution in [1.82, 2.24) is 4.98 Å². The predicted octanol–water partition coefficient (Wildman–Crippen LogP) is 0.624. The number of nitrogens with one attached hydrogen (secondary N) is 1. The molecule has 11 heavy (non-hydrogen) atoms. The number of rotatable bonds is 3. The van der Waals surface area contributed by atoms with Crippen LogP contribution in [-0.2, 0) is 6.42 Å². The lowest BCUT2D eigenvalue weighted by Crippen LogP contribution is -2.03. The monoisotopic (exact) mass is 151 g/mol. The second-order valence-corrected chi connectivity index (χ2v) is 2.34. The maximum atomic E-state index is 5.41. The summed E-state index contributed by atoms with van der Waals surface area (Å²) in [5.41, 5.74) is 6.64. The third kappa shape index (κ3) is 2.20.